The van der Waals surface area contributed by atoms with Crippen LogP contribution in [0.2, 0.25) is 0 Å². The van der Waals surface area contributed by atoms with Crippen molar-refractivity contribution in [3.8, 4) is 0 Å². The Bertz CT molecular complexity index is 342. The van der Waals surface area contributed by atoms with E-state index in [1.165, 1.54) is 41.0 Å². The van der Waals surface area contributed by atoms with Gasteiger partial charge in [0.25, 0.3) is 0 Å². The van der Waals surface area contributed by atoms with Crippen molar-refractivity contribution in [1.29, 1.82) is 0 Å². The molecule has 1 aliphatic rings. The van der Waals surface area contributed by atoms with Crippen LogP contribution in [0.5, 0.6) is 0 Å². The molecule has 2 rings (SSSR count). The van der Waals surface area contributed by atoms with E-state index < -0.39 is 0 Å². The number of thiophene rings is 1. The minimum atomic E-state index is 0.794. The predicted molar refractivity (Wildman–Crippen MR) is 73.4 cm³/mol. The zero-order valence-electron chi connectivity index (χ0n) is 10.9. The van der Waals surface area contributed by atoms with Crippen molar-refractivity contribution in [1.82, 2.24) is 5.32 Å². The molecule has 1 saturated carbocycles. The van der Waals surface area contributed by atoms with E-state index in [2.05, 4.69) is 18.3 Å². The van der Waals surface area contributed by atoms with E-state index in [-0.39, 0.29) is 0 Å². The molecule has 96 valence electrons. The molecule has 1 N–H and O–H groups in total. The summed E-state index contributed by atoms with van der Waals surface area (Å²) in [5.74, 6) is 0.825. The van der Waals surface area contributed by atoms with E-state index in [1.54, 1.807) is 0 Å². The lowest BCUT2D eigenvalue weighted by molar-refractivity contribution is 0.0888. The first-order valence-electron chi connectivity index (χ1n) is 6.60. The Kier molecular flexibility index (Phi) is 5.01. The largest absolute Gasteiger partial charge is 0.376 e. The third-order valence-electron chi connectivity index (χ3n) is 3.51. The summed E-state index contributed by atoms with van der Waals surface area (Å²) >= 11 is 1.88. The molecule has 2 nitrogen and oxygen atoms in total. The molecule has 1 aromatic heterocycles. The number of rotatable bonds is 6. The lowest BCUT2D eigenvalue weighted by Crippen LogP contribution is -2.05. The minimum absolute atomic E-state index is 0.794. The van der Waals surface area contributed by atoms with Gasteiger partial charge < -0.3 is 10.1 Å². The van der Waals surface area contributed by atoms with Gasteiger partial charge in [-0.1, -0.05) is 12.8 Å². The Labute approximate surface area is 108 Å². The summed E-state index contributed by atoms with van der Waals surface area (Å²) in [7, 11) is 1.99. The summed E-state index contributed by atoms with van der Waals surface area (Å²) in [4.78, 5) is 2.81. The molecule has 1 heterocycles. The van der Waals surface area contributed by atoms with Crippen molar-refractivity contribution < 1.29 is 4.74 Å². The van der Waals surface area contributed by atoms with E-state index >= 15 is 0 Å². The Morgan fingerprint density at radius 1 is 1.41 bits per heavy atom. The van der Waals surface area contributed by atoms with Crippen LogP contribution < -0.4 is 5.32 Å². The van der Waals surface area contributed by atoms with Crippen molar-refractivity contribution in [2.45, 2.75) is 45.8 Å². The van der Waals surface area contributed by atoms with Crippen molar-refractivity contribution in [2.75, 3.05) is 13.7 Å². The number of nitrogens with one attached hydrogen (secondary N) is 1. The molecule has 0 aromatic carbocycles. The summed E-state index contributed by atoms with van der Waals surface area (Å²) in [6.45, 7) is 4.91. The van der Waals surface area contributed by atoms with Gasteiger partial charge >= 0.3 is 0 Å². The molecular formula is C14H23NOS. The molecule has 1 aromatic rings. The molecule has 0 unspecified atom stereocenters. The highest BCUT2D eigenvalue weighted by atomic mass is 32.1. The normalized spacial score (nSPS) is 16.8. The highest BCUT2D eigenvalue weighted by Crippen LogP contribution is 2.26. The molecule has 0 spiro atoms. The fraction of sp³-hybridized carbons (Fsp3) is 0.714. The topological polar surface area (TPSA) is 21.3 Å². The summed E-state index contributed by atoms with van der Waals surface area (Å²) < 4.78 is 5.86. The molecule has 0 atom stereocenters. The van der Waals surface area contributed by atoms with Gasteiger partial charge in [-0.05, 0) is 44.4 Å². The van der Waals surface area contributed by atoms with Crippen molar-refractivity contribution >= 4 is 11.3 Å². The summed E-state index contributed by atoms with van der Waals surface area (Å²) in [6.07, 6.45) is 5.54. The van der Waals surface area contributed by atoms with Crippen LogP contribution in [0.3, 0.4) is 0 Å². The van der Waals surface area contributed by atoms with Gasteiger partial charge in [0.2, 0.25) is 0 Å². The average Bonchev–Trinajstić information content (AvgIpc) is 2.90. The lowest BCUT2D eigenvalue weighted by Gasteiger charge is -2.09. The maximum Gasteiger partial charge on any atom is 0.0727 e. The molecule has 0 bridgehead atoms. The molecule has 0 saturated heterocycles. The third-order valence-corrected chi connectivity index (χ3v) is 4.60. The highest BCUT2D eigenvalue weighted by Gasteiger charge is 2.15. The molecule has 3 heteroatoms. The van der Waals surface area contributed by atoms with Crippen molar-refractivity contribution in [3.63, 3.8) is 0 Å². The number of hydrogen-bond donors (Lipinski definition) is 1. The fourth-order valence-electron chi connectivity index (χ4n) is 2.50. The monoisotopic (exact) mass is 253 g/mol. The van der Waals surface area contributed by atoms with Gasteiger partial charge in [-0.2, -0.15) is 0 Å². The predicted octanol–water partition coefficient (Wildman–Crippen LogP) is 3.48. The standard InChI is InChI=1S/C14H23NOS/c1-11-13(7-14(17-11)8-15-2)10-16-9-12-5-3-4-6-12/h7,12,15H,3-6,8-10H2,1-2H3. The van der Waals surface area contributed by atoms with Crippen LogP contribution in [0.1, 0.15) is 41.0 Å². The Hall–Kier alpha value is -0.380. The first-order chi connectivity index (χ1) is 8.29. The molecule has 0 radical (unpaired) electrons. The van der Waals surface area contributed by atoms with E-state index in [0.29, 0.717) is 0 Å². The van der Waals surface area contributed by atoms with E-state index in [0.717, 1.165) is 25.7 Å². The Morgan fingerprint density at radius 2 is 2.18 bits per heavy atom. The maximum absolute atomic E-state index is 5.86. The van der Waals surface area contributed by atoms with Gasteiger partial charge in [-0.15, -0.1) is 11.3 Å². The zero-order chi connectivity index (χ0) is 12.1. The van der Waals surface area contributed by atoms with Crippen molar-refractivity contribution in [2.24, 2.45) is 5.92 Å². The summed E-state index contributed by atoms with van der Waals surface area (Å²) in [5, 5.41) is 3.19. The van der Waals surface area contributed by atoms with Crippen LogP contribution in [0.25, 0.3) is 0 Å². The fourth-order valence-corrected chi connectivity index (χ4v) is 3.56. The second-order valence-corrected chi connectivity index (χ2v) is 6.33. The Balaban J connectivity index is 1.77. The van der Waals surface area contributed by atoms with Gasteiger partial charge in [0, 0.05) is 22.9 Å². The smallest absolute Gasteiger partial charge is 0.0727 e. The average molecular weight is 253 g/mol. The van der Waals surface area contributed by atoms with Crippen LogP contribution >= 0.6 is 11.3 Å². The van der Waals surface area contributed by atoms with Crippen molar-refractivity contribution in [3.05, 3.63) is 21.4 Å². The van der Waals surface area contributed by atoms with Gasteiger partial charge in [0.1, 0.15) is 0 Å². The molecule has 1 aliphatic carbocycles. The first kappa shape index (κ1) is 13.1. The molecular weight excluding hydrogens is 230 g/mol. The second-order valence-electron chi connectivity index (χ2n) is 4.99. The summed E-state index contributed by atoms with van der Waals surface area (Å²) in [6, 6.07) is 2.28. The van der Waals surface area contributed by atoms with Crippen LogP contribution in [-0.4, -0.2) is 13.7 Å². The zero-order valence-corrected chi connectivity index (χ0v) is 11.7. The lowest BCUT2D eigenvalue weighted by atomic mass is 10.1. The summed E-state index contributed by atoms with van der Waals surface area (Å²) in [5.41, 5.74) is 1.37. The van der Waals surface area contributed by atoms with Gasteiger partial charge in [-0.3, -0.25) is 0 Å². The number of hydrogen-bond acceptors (Lipinski definition) is 3. The SMILES string of the molecule is CNCc1cc(COCC2CCCC2)c(C)s1. The van der Waals surface area contributed by atoms with Gasteiger partial charge in [0.05, 0.1) is 6.61 Å². The van der Waals surface area contributed by atoms with Gasteiger partial charge in [-0.25, -0.2) is 0 Å². The quantitative estimate of drug-likeness (QED) is 0.838. The number of aryl methyl sites for hydroxylation is 1. The number of ether oxygens (including phenoxy) is 1. The van der Waals surface area contributed by atoms with E-state index in [1.807, 2.05) is 18.4 Å². The van der Waals surface area contributed by atoms with Crippen LogP contribution in [0.15, 0.2) is 6.07 Å². The Morgan fingerprint density at radius 3 is 2.88 bits per heavy atom. The minimum Gasteiger partial charge on any atom is -0.376 e. The third kappa shape index (κ3) is 3.80. The van der Waals surface area contributed by atoms with Gasteiger partial charge in [0.15, 0.2) is 0 Å². The van der Waals surface area contributed by atoms with E-state index in [9.17, 15) is 0 Å². The molecule has 0 amide bonds. The van der Waals surface area contributed by atoms with E-state index in [4.69, 9.17) is 4.74 Å². The first-order valence-corrected chi connectivity index (χ1v) is 7.41. The second kappa shape index (κ2) is 6.53. The molecule has 17 heavy (non-hydrogen) atoms. The molecule has 1 fully saturated rings. The highest BCUT2D eigenvalue weighted by molar-refractivity contribution is 7.12. The van der Waals surface area contributed by atoms with Crippen LogP contribution in [0.4, 0.5) is 0 Å². The maximum atomic E-state index is 5.86. The molecule has 0 aliphatic heterocycles. The van der Waals surface area contributed by atoms with Crippen LogP contribution in [0, 0.1) is 12.8 Å². The van der Waals surface area contributed by atoms with Crippen LogP contribution in [-0.2, 0) is 17.9 Å².